The zero-order valence-corrected chi connectivity index (χ0v) is 16.5. The maximum Gasteiger partial charge on any atom is 0.317 e. The summed E-state index contributed by atoms with van der Waals surface area (Å²) in [6.07, 6.45) is 0.682. The van der Waals surface area contributed by atoms with Crippen molar-refractivity contribution in [1.29, 1.82) is 0 Å². The number of nitrogens with one attached hydrogen (secondary N) is 1. The van der Waals surface area contributed by atoms with E-state index in [1.165, 1.54) is 0 Å². The standard InChI is InChI=1S/C19H22Cl2N2O3/c1-23(12-14-5-6-15(20)11-16(14)21)19(24)22-9-8-13-4-7-17(25-2)18(10-13)26-3/h4-7,10-11H,8-9,12H2,1-3H3,(H,22,24). The summed E-state index contributed by atoms with van der Waals surface area (Å²) in [5.74, 6) is 1.35. The molecule has 26 heavy (non-hydrogen) atoms. The van der Waals surface area contributed by atoms with E-state index in [-0.39, 0.29) is 6.03 Å². The van der Waals surface area contributed by atoms with Gasteiger partial charge in [0.15, 0.2) is 11.5 Å². The highest BCUT2D eigenvalue weighted by Crippen LogP contribution is 2.27. The number of ether oxygens (including phenoxy) is 2. The van der Waals surface area contributed by atoms with Gasteiger partial charge in [-0.05, 0) is 41.8 Å². The molecule has 0 bridgehead atoms. The lowest BCUT2D eigenvalue weighted by atomic mass is 10.1. The molecule has 0 saturated heterocycles. The second-order valence-electron chi connectivity index (χ2n) is 5.76. The highest BCUT2D eigenvalue weighted by atomic mass is 35.5. The van der Waals surface area contributed by atoms with Crippen molar-refractivity contribution in [3.8, 4) is 11.5 Å². The molecule has 0 fully saturated rings. The number of amides is 2. The maximum absolute atomic E-state index is 12.2. The molecule has 0 saturated carbocycles. The molecule has 2 aromatic rings. The van der Waals surface area contributed by atoms with E-state index in [1.807, 2.05) is 24.3 Å². The lowest BCUT2D eigenvalue weighted by Crippen LogP contribution is -2.37. The molecule has 0 heterocycles. The van der Waals surface area contributed by atoms with Gasteiger partial charge in [0, 0.05) is 30.2 Å². The predicted octanol–water partition coefficient (Wildman–Crippen LogP) is 4.39. The van der Waals surface area contributed by atoms with Gasteiger partial charge in [-0.2, -0.15) is 0 Å². The van der Waals surface area contributed by atoms with Crippen molar-refractivity contribution in [2.45, 2.75) is 13.0 Å². The van der Waals surface area contributed by atoms with Crippen LogP contribution >= 0.6 is 23.2 Å². The molecule has 2 rings (SSSR count). The molecule has 0 unspecified atom stereocenters. The number of halogens is 2. The van der Waals surface area contributed by atoms with Gasteiger partial charge in [-0.1, -0.05) is 35.3 Å². The lowest BCUT2D eigenvalue weighted by Gasteiger charge is -2.19. The molecule has 140 valence electrons. The first-order valence-electron chi connectivity index (χ1n) is 8.08. The molecule has 0 aromatic heterocycles. The number of rotatable bonds is 7. The molecule has 5 nitrogen and oxygen atoms in total. The molecule has 7 heteroatoms. The normalized spacial score (nSPS) is 10.3. The third-order valence-corrected chi connectivity index (χ3v) is 4.49. The van der Waals surface area contributed by atoms with Gasteiger partial charge in [0.2, 0.25) is 0 Å². The zero-order valence-electron chi connectivity index (χ0n) is 15.0. The van der Waals surface area contributed by atoms with E-state index in [2.05, 4.69) is 5.32 Å². The van der Waals surface area contributed by atoms with Crippen LogP contribution in [0.4, 0.5) is 4.79 Å². The van der Waals surface area contributed by atoms with E-state index >= 15 is 0 Å². The largest absolute Gasteiger partial charge is 0.493 e. The van der Waals surface area contributed by atoms with Crippen molar-refractivity contribution in [2.24, 2.45) is 0 Å². The topological polar surface area (TPSA) is 50.8 Å². The molecule has 1 N–H and O–H groups in total. The van der Waals surface area contributed by atoms with Crippen molar-refractivity contribution < 1.29 is 14.3 Å². The quantitative estimate of drug-likeness (QED) is 0.754. The monoisotopic (exact) mass is 396 g/mol. The van der Waals surface area contributed by atoms with Gasteiger partial charge in [0.1, 0.15) is 0 Å². The fourth-order valence-electron chi connectivity index (χ4n) is 2.46. The number of hydrogen-bond acceptors (Lipinski definition) is 3. The maximum atomic E-state index is 12.2. The Morgan fingerprint density at radius 3 is 2.46 bits per heavy atom. The molecule has 0 radical (unpaired) electrons. The third kappa shape index (κ3) is 5.44. The number of carbonyl (C=O) groups excluding carboxylic acids is 1. The summed E-state index contributed by atoms with van der Waals surface area (Å²) in [5, 5.41) is 4.01. The van der Waals surface area contributed by atoms with Crippen LogP contribution in [0, 0.1) is 0 Å². The molecule has 2 aromatic carbocycles. The van der Waals surface area contributed by atoms with Crippen LogP contribution < -0.4 is 14.8 Å². The lowest BCUT2D eigenvalue weighted by molar-refractivity contribution is 0.207. The van der Waals surface area contributed by atoms with Crippen LogP contribution in [-0.4, -0.2) is 38.7 Å². The summed E-state index contributed by atoms with van der Waals surface area (Å²) in [4.78, 5) is 13.8. The van der Waals surface area contributed by atoms with Crippen molar-refractivity contribution >= 4 is 29.2 Å². The van der Waals surface area contributed by atoms with E-state index in [9.17, 15) is 4.79 Å². The molecular weight excluding hydrogens is 375 g/mol. The van der Waals surface area contributed by atoms with E-state index in [0.29, 0.717) is 41.1 Å². The van der Waals surface area contributed by atoms with Crippen molar-refractivity contribution in [2.75, 3.05) is 27.8 Å². The van der Waals surface area contributed by atoms with Gasteiger partial charge in [-0.15, -0.1) is 0 Å². The van der Waals surface area contributed by atoms with Crippen molar-refractivity contribution in [3.63, 3.8) is 0 Å². The van der Waals surface area contributed by atoms with E-state index < -0.39 is 0 Å². The number of nitrogens with zero attached hydrogens (tertiary/aromatic N) is 1. The molecule has 0 spiro atoms. The Morgan fingerprint density at radius 1 is 1.08 bits per heavy atom. The minimum Gasteiger partial charge on any atom is -0.493 e. The van der Waals surface area contributed by atoms with E-state index in [0.717, 1.165) is 11.1 Å². The van der Waals surface area contributed by atoms with Crippen molar-refractivity contribution in [3.05, 3.63) is 57.6 Å². The van der Waals surface area contributed by atoms with E-state index in [4.69, 9.17) is 32.7 Å². The molecule has 0 aliphatic rings. The van der Waals surface area contributed by atoms with Gasteiger partial charge in [0.25, 0.3) is 0 Å². The number of benzene rings is 2. The van der Waals surface area contributed by atoms with Gasteiger partial charge in [0.05, 0.1) is 14.2 Å². The summed E-state index contributed by atoms with van der Waals surface area (Å²) in [7, 11) is 4.91. The molecule has 0 atom stereocenters. The zero-order chi connectivity index (χ0) is 19.1. The van der Waals surface area contributed by atoms with Gasteiger partial charge in [-0.25, -0.2) is 4.79 Å². The Bertz CT molecular complexity index is 768. The Kier molecular flexibility index (Phi) is 7.42. The van der Waals surface area contributed by atoms with E-state index in [1.54, 1.807) is 38.3 Å². The minimum atomic E-state index is -0.170. The number of methoxy groups -OCH3 is 2. The first-order chi connectivity index (χ1) is 12.4. The average molecular weight is 397 g/mol. The first kappa shape index (κ1) is 20.2. The molecule has 2 amide bonds. The molecular formula is C19H22Cl2N2O3. The van der Waals surface area contributed by atoms with Crippen LogP contribution in [0.3, 0.4) is 0 Å². The molecule has 0 aliphatic carbocycles. The fourth-order valence-corrected chi connectivity index (χ4v) is 2.93. The SMILES string of the molecule is COc1ccc(CCNC(=O)N(C)Cc2ccc(Cl)cc2Cl)cc1OC. The average Bonchev–Trinajstić information content (AvgIpc) is 2.63. The Hall–Kier alpha value is -2.11. The van der Waals surface area contributed by atoms with Crippen LogP contribution in [0.25, 0.3) is 0 Å². The second-order valence-corrected chi connectivity index (χ2v) is 6.61. The third-order valence-electron chi connectivity index (χ3n) is 3.91. The summed E-state index contributed by atoms with van der Waals surface area (Å²) in [6, 6.07) is 10.8. The van der Waals surface area contributed by atoms with Crippen LogP contribution in [0.5, 0.6) is 11.5 Å². The van der Waals surface area contributed by atoms with Crippen LogP contribution in [0.15, 0.2) is 36.4 Å². The first-order valence-corrected chi connectivity index (χ1v) is 8.84. The predicted molar refractivity (Wildman–Crippen MR) is 105 cm³/mol. The Balaban J connectivity index is 1.86. The highest BCUT2D eigenvalue weighted by molar-refractivity contribution is 6.35. The Morgan fingerprint density at radius 2 is 1.81 bits per heavy atom. The number of hydrogen-bond donors (Lipinski definition) is 1. The summed E-state index contributed by atoms with van der Waals surface area (Å²) in [5.41, 5.74) is 1.89. The number of urea groups is 1. The van der Waals surface area contributed by atoms with Crippen molar-refractivity contribution in [1.82, 2.24) is 10.2 Å². The Labute approximate surface area is 163 Å². The second kappa shape index (κ2) is 9.55. The summed E-state index contributed by atoms with van der Waals surface area (Å²) in [6.45, 7) is 0.908. The summed E-state index contributed by atoms with van der Waals surface area (Å²) < 4.78 is 10.5. The van der Waals surface area contributed by atoms with Crippen LogP contribution in [0.2, 0.25) is 10.0 Å². The minimum absolute atomic E-state index is 0.170. The smallest absolute Gasteiger partial charge is 0.317 e. The van der Waals surface area contributed by atoms with Crippen LogP contribution in [0.1, 0.15) is 11.1 Å². The van der Waals surface area contributed by atoms with Gasteiger partial charge >= 0.3 is 6.03 Å². The summed E-state index contributed by atoms with van der Waals surface area (Å²) >= 11 is 12.0. The fraction of sp³-hybridized carbons (Fsp3) is 0.316. The highest BCUT2D eigenvalue weighted by Gasteiger charge is 2.11. The number of carbonyl (C=O) groups is 1. The van der Waals surface area contributed by atoms with Gasteiger partial charge in [-0.3, -0.25) is 0 Å². The van der Waals surface area contributed by atoms with Gasteiger partial charge < -0.3 is 19.7 Å². The van der Waals surface area contributed by atoms with Crippen LogP contribution in [-0.2, 0) is 13.0 Å². The molecule has 0 aliphatic heterocycles.